The lowest BCUT2D eigenvalue weighted by molar-refractivity contribution is 0.0549. The summed E-state index contributed by atoms with van der Waals surface area (Å²) in [4.78, 5) is 18.5. The highest BCUT2D eigenvalue weighted by Gasteiger charge is 2.42. The molecule has 0 aliphatic carbocycles. The summed E-state index contributed by atoms with van der Waals surface area (Å²) in [5.41, 5.74) is 4.43. The van der Waals surface area contributed by atoms with Gasteiger partial charge in [-0.25, -0.2) is 0 Å². The zero-order valence-electron chi connectivity index (χ0n) is 18.0. The molecule has 160 valence electrons. The fraction of sp³-hybridized carbons (Fsp3) is 0.346. The van der Waals surface area contributed by atoms with Crippen molar-refractivity contribution in [2.45, 2.75) is 18.5 Å². The number of amides is 1. The molecule has 0 saturated carbocycles. The monoisotopic (exact) mass is 431 g/mol. The molecule has 31 heavy (non-hydrogen) atoms. The van der Waals surface area contributed by atoms with Gasteiger partial charge in [0, 0.05) is 68.1 Å². The summed E-state index contributed by atoms with van der Waals surface area (Å²) in [6, 6.07) is 22.9. The first-order valence-corrected chi connectivity index (χ1v) is 12.2. The normalized spacial score (nSPS) is 21.8. The van der Waals surface area contributed by atoms with E-state index in [-0.39, 0.29) is 17.9 Å². The lowest BCUT2D eigenvalue weighted by atomic mass is 9.80. The number of hydrogen-bond acceptors (Lipinski definition) is 3. The summed E-state index contributed by atoms with van der Waals surface area (Å²) >= 11 is 2.04. The number of carbonyl (C=O) groups excluding carboxylic acids is 1. The van der Waals surface area contributed by atoms with Crippen LogP contribution in [0, 0.1) is 0 Å². The second-order valence-corrected chi connectivity index (χ2v) is 9.74. The van der Waals surface area contributed by atoms with Crippen LogP contribution in [-0.4, -0.2) is 51.4 Å². The van der Waals surface area contributed by atoms with Crippen LogP contribution in [0.2, 0.25) is 0 Å². The number of fused-ring (bicyclic) bond motifs is 1. The first kappa shape index (κ1) is 20.4. The molecule has 0 radical (unpaired) electrons. The minimum absolute atomic E-state index is 0.0113. The zero-order valence-corrected chi connectivity index (χ0v) is 18.8. The molecule has 2 unspecified atom stereocenters. The van der Waals surface area contributed by atoms with Crippen LogP contribution in [0.25, 0.3) is 0 Å². The molecule has 0 N–H and O–H groups in total. The number of benzene rings is 2. The average molecular weight is 432 g/mol. The van der Waals surface area contributed by atoms with Crippen LogP contribution in [0.5, 0.6) is 0 Å². The maximum absolute atomic E-state index is 13.8. The van der Waals surface area contributed by atoms with Gasteiger partial charge in [-0.05, 0) is 29.3 Å². The first-order valence-electron chi connectivity index (χ1n) is 11.1. The zero-order chi connectivity index (χ0) is 21.2. The van der Waals surface area contributed by atoms with Gasteiger partial charge in [-0.2, -0.15) is 11.8 Å². The quantitative estimate of drug-likeness (QED) is 0.593. The highest BCUT2D eigenvalue weighted by atomic mass is 32.2. The summed E-state index contributed by atoms with van der Waals surface area (Å²) in [6.07, 6.45) is 2.09. The van der Waals surface area contributed by atoms with Gasteiger partial charge in [0.15, 0.2) is 0 Å². The summed E-state index contributed by atoms with van der Waals surface area (Å²) in [6.45, 7) is 3.84. The molecule has 2 aliphatic rings. The van der Waals surface area contributed by atoms with Crippen LogP contribution in [-0.2, 0) is 13.6 Å². The topological polar surface area (TPSA) is 28.5 Å². The summed E-state index contributed by atoms with van der Waals surface area (Å²) in [5.74, 6) is 2.76. The third kappa shape index (κ3) is 4.04. The molecule has 3 heterocycles. The predicted octanol–water partition coefficient (Wildman–Crippen LogP) is 4.55. The van der Waals surface area contributed by atoms with Crippen LogP contribution in [0.3, 0.4) is 0 Å². The number of nitrogens with zero attached hydrogens (tertiary/aromatic N) is 3. The van der Waals surface area contributed by atoms with Gasteiger partial charge < -0.3 is 14.4 Å². The van der Waals surface area contributed by atoms with Gasteiger partial charge >= 0.3 is 0 Å². The fourth-order valence-corrected chi connectivity index (χ4v) is 6.02. The largest absolute Gasteiger partial charge is 0.353 e. The van der Waals surface area contributed by atoms with E-state index in [1.54, 1.807) is 0 Å². The van der Waals surface area contributed by atoms with Crippen molar-refractivity contribution >= 4 is 17.7 Å². The third-order valence-electron chi connectivity index (χ3n) is 6.61. The SMILES string of the molecule is Cn1cccc1C1C(CN2CCSCC2)c2ccccc2C(=O)N1Cc1ccccc1. The van der Waals surface area contributed by atoms with Crippen LogP contribution in [0.1, 0.15) is 39.1 Å². The smallest absolute Gasteiger partial charge is 0.255 e. The van der Waals surface area contributed by atoms with Gasteiger partial charge in [0.25, 0.3) is 5.91 Å². The van der Waals surface area contributed by atoms with Gasteiger partial charge in [-0.15, -0.1) is 0 Å². The highest BCUT2D eigenvalue weighted by molar-refractivity contribution is 7.99. The van der Waals surface area contributed by atoms with Gasteiger partial charge in [-0.1, -0.05) is 48.5 Å². The van der Waals surface area contributed by atoms with Crippen molar-refractivity contribution in [3.8, 4) is 0 Å². The molecule has 0 bridgehead atoms. The third-order valence-corrected chi connectivity index (χ3v) is 7.55. The maximum Gasteiger partial charge on any atom is 0.255 e. The van der Waals surface area contributed by atoms with Gasteiger partial charge in [0.2, 0.25) is 0 Å². The Kier molecular flexibility index (Phi) is 5.88. The molecule has 5 rings (SSSR count). The van der Waals surface area contributed by atoms with Crippen LogP contribution in [0.15, 0.2) is 72.9 Å². The Bertz CT molecular complexity index is 1040. The predicted molar refractivity (Wildman–Crippen MR) is 127 cm³/mol. The Labute approximate surface area is 188 Å². The summed E-state index contributed by atoms with van der Waals surface area (Å²) in [5, 5.41) is 0. The van der Waals surface area contributed by atoms with Crippen molar-refractivity contribution in [1.82, 2.24) is 14.4 Å². The molecule has 0 spiro atoms. The number of hydrogen-bond donors (Lipinski definition) is 0. The van der Waals surface area contributed by atoms with Gasteiger partial charge in [0.05, 0.1) is 6.04 Å². The van der Waals surface area contributed by atoms with E-state index in [0.29, 0.717) is 6.54 Å². The molecule has 5 heteroatoms. The molecule has 1 amide bonds. The molecule has 4 nitrogen and oxygen atoms in total. The Balaban J connectivity index is 1.60. The first-order chi connectivity index (χ1) is 15.2. The van der Waals surface area contributed by atoms with E-state index in [2.05, 4.69) is 76.1 Å². The molecule has 2 aliphatic heterocycles. The Morgan fingerprint density at radius 3 is 2.42 bits per heavy atom. The molecular formula is C26H29N3OS. The van der Waals surface area contributed by atoms with E-state index in [1.165, 1.54) is 28.3 Å². The molecule has 1 aromatic heterocycles. The Morgan fingerprint density at radius 1 is 0.935 bits per heavy atom. The van der Waals surface area contributed by atoms with Crippen molar-refractivity contribution in [2.24, 2.45) is 7.05 Å². The van der Waals surface area contributed by atoms with Crippen LogP contribution < -0.4 is 0 Å². The molecule has 1 saturated heterocycles. The maximum atomic E-state index is 13.8. The van der Waals surface area contributed by atoms with E-state index in [0.717, 1.165) is 25.2 Å². The number of aryl methyl sites for hydroxylation is 1. The van der Waals surface area contributed by atoms with E-state index >= 15 is 0 Å². The molecule has 2 atom stereocenters. The standard InChI is InChI=1S/C26H29N3OS/c1-27-13-7-12-24(27)25-23(19-28-14-16-31-17-15-28)21-10-5-6-11-22(21)26(30)29(25)18-20-8-3-2-4-9-20/h2-13,23,25H,14-19H2,1H3. The number of aromatic nitrogens is 1. The van der Waals surface area contributed by atoms with Crippen molar-refractivity contribution in [1.29, 1.82) is 0 Å². The minimum atomic E-state index is 0.0113. The second kappa shape index (κ2) is 8.93. The Hall–Kier alpha value is -2.50. The lowest BCUT2D eigenvalue weighted by Gasteiger charge is -2.44. The van der Waals surface area contributed by atoms with Crippen molar-refractivity contribution < 1.29 is 4.79 Å². The van der Waals surface area contributed by atoms with E-state index in [4.69, 9.17) is 0 Å². The summed E-state index contributed by atoms with van der Waals surface area (Å²) in [7, 11) is 2.09. The number of carbonyl (C=O) groups is 1. The second-order valence-electron chi connectivity index (χ2n) is 8.51. The lowest BCUT2D eigenvalue weighted by Crippen LogP contribution is -2.47. The van der Waals surface area contributed by atoms with E-state index in [1.807, 2.05) is 30.0 Å². The number of thioether (sulfide) groups is 1. The van der Waals surface area contributed by atoms with Crippen LogP contribution in [0.4, 0.5) is 0 Å². The van der Waals surface area contributed by atoms with Gasteiger partial charge in [0.1, 0.15) is 0 Å². The minimum Gasteiger partial charge on any atom is -0.353 e. The number of rotatable bonds is 5. The van der Waals surface area contributed by atoms with Crippen molar-refractivity contribution in [2.75, 3.05) is 31.1 Å². The highest BCUT2D eigenvalue weighted by Crippen LogP contribution is 2.44. The molecular weight excluding hydrogens is 402 g/mol. The van der Waals surface area contributed by atoms with Gasteiger partial charge in [-0.3, -0.25) is 4.79 Å². The molecule has 2 aromatic carbocycles. The van der Waals surface area contributed by atoms with Crippen LogP contribution >= 0.6 is 11.8 Å². The summed E-state index contributed by atoms with van der Waals surface area (Å²) < 4.78 is 2.18. The Morgan fingerprint density at radius 2 is 1.68 bits per heavy atom. The van der Waals surface area contributed by atoms with Crippen molar-refractivity contribution in [3.05, 3.63) is 95.3 Å². The fourth-order valence-electron chi connectivity index (χ4n) is 5.04. The molecule has 1 fully saturated rings. The van der Waals surface area contributed by atoms with E-state index < -0.39 is 0 Å². The van der Waals surface area contributed by atoms with E-state index in [9.17, 15) is 4.79 Å². The van der Waals surface area contributed by atoms with Crippen molar-refractivity contribution in [3.63, 3.8) is 0 Å². The average Bonchev–Trinajstić information content (AvgIpc) is 3.24. The molecule has 3 aromatic rings.